The van der Waals surface area contributed by atoms with Crippen molar-refractivity contribution in [2.45, 2.75) is 38.1 Å². The lowest BCUT2D eigenvalue weighted by Crippen LogP contribution is -2.41. The number of amides is 2. The molecule has 0 bridgehead atoms. The van der Waals surface area contributed by atoms with Crippen LogP contribution in [-0.4, -0.2) is 24.6 Å². The van der Waals surface area contributed by atoms with E-state index in [1.54, 1.807) is 42.5 Å². The molecule has 2 N–H and O–H groups in total. The number of nitrogens with one attached hydrogen (secondary N) is 2. The van der Waals surface area contributed by atoms with Crippen molar-refractivity contribution in [3.63, 3.8) is 0 Å². The monoisotopic (exact) mass is 470 g/mol. The predicted octanol–water partition coefficient (Wildman–Crippen LogP) is 4.40. The fourth-order valence-corrected chi connectivity index (χ4v) is 3.90. The average Bonchev–Trinajstić information content (AvgIpc) is 3.22. The molecule has 1 heterocycles. The molecule has 2 aromatic carbocycles. The highest BCUT2D eigenvalue weighted by Crippen LogP contribution is 2.33. The number of hydrogen-bond donors (Lipinski definition) is 2. The summed E-state index contributed by atoms with van der Waals surface area (Å²) in [5.74, 6) is 0.660. The van der Waals surface area contributed by atoms with E-state index in [4.69, 9.17) is 9.47 Å². The molecule has 1 fully saturated rings. The smallest absolute Gasteiger partial charge is 0.268 e. The maximum absolute atomic E-state index is 13.0. The van der Waals surface area contributed by atoms with Crippen molar-refractivity contribution in [2.75, 3.05) is 6.79 Å². The number of hydrogen-bond acceptors (Lipinski definition) is 4. The van der Waals surface area contributed by atoms with E-state index in [0.717, 1.165) is 35.7 Å². The summed E-state index contributed by atoms with van der Waals surface area (Å²) in [6, 6.07) is 12.5. The molecule has 2 amide bonds. The third-order valence-electron chi connectivity index (χ3n) is 5.25. The fraction of sp³-hybridized carbons (Fsp3) is 0.304. The van der Waals surface area contributed by atoms with Crippen LogP contribution in [0, 0.1) is 0 Å². The summed E-state index contributed by atoms with van der Waals surface area (Å²) in [6.45, 7) is 0.178. The van der Waals surface area contributed by atoms with Crippen LogP contribution in [0.25, 0.3) is 6.08 Å². The number of rotatable bonds is 5. The Morgan fingerprint density at radius 3 is 2.47 bits per heavy atom. The summed E-state index contributed by atoms with van der Waals surface area (Å²) >= 11 is 3.36. The third kappa shape index (κ3) is 5.02. The number of carbonyl (C=O) groups is 2. The summed E-state index contributed by atoms with van der Waals surface area (Å²) in [6.07, 6.45) is 7.01. The van der Waals surface area contributed by atoms with Gasteiger partial charge in [0.05, 0.1) is 0 Å². The van der Waals surface area contributed by atoms with Crippen molar-refractivity contribution in [3.8, 4) is 11.5 Å². The van der Waals surface area contributed by atoms with Crippen LogP contribution in [0.15, 0.2) is 52.6 Å². The summed E-state index contributed by atoms with van der Waals surface area (Å²) in [7, 11) is 0. The largest absolute Gasteiger partial charge is 0.454 e. The Bertz CT molecular complexity index is 966. The molecular formula is C23H23BrN2O4. The highest BCUT2D eigenvalue weighted by Gasteiger charge is 2.21. The topological polar surface area (TPSA) is 76.7 Å². The lowest BCUT2D eigenvalue weighted by Gasteiger charge is -2.23. The minimum atomic E-state index is -0.340. The van der Waals surface area contributed by atoms with E-state index >= 15 is 0 Å². The maximum atomic E-state index is 13.0. The van der Waals surface area contributed by atoms with E-state index in [1.807, 2.05) is 6.07 Å². The number of benzene rings is 2. The highest BCUT2D eigenvalue weighted by molar-refractivity contribution is 9.10. The van der Waals surface area contributed by atoms with Crippen LogP contribution in [0.3, 0.4) is 0 Å². The minimum Gasteiger partial charge on any atom is -0.454 e. The van der Waals surface area contributed by atoms with Gasteiger partial charge in [-0.25, -0.2) is 0 Å². The Labute approximate surface area is 183 Å². The van der Waals surface area contributed by atoms with Gasteiger partial charge in [-0.1, -0.05) is 41.3 Å². The Balaban J connectivity index is 1.57. The minimum absolute atomic E-state index is 0.135. The molecule has 0 atom stereocenters. The molecule has 0 spiro atoms. The first-order valence-corrected chi connectivity index (χ1v) is 10.9. The summed E-state index contributed by atoms with van der Waals surface area (Å²) in [5.41, 5.74) is 1.41. The van der Waals surface area contributed by atoms with Gasteiger partial charge in [-0.05, 0) is 60.9 Å². The third-order valence-corrected chi connectivity index (χ3v) is 5.78. The second-order valence-electron chi connectivity index (χ2n) is 7.44. The molecule has 0 aromatic heterocycles. The molecule has 1 saturated carbocycles. The second-order valence-corrected chi connectivity index (χ2v) is 8.36. The van der Waals surface area contributed by atoms with Crippen LogP contribution in [0.5, 0.6) is 11.5 Å². The number of ether oxygens (including phenoxy) is 2. The van der Waals surface area contributed by atoms with E-state index in [2.05, 4.69) is 26.6 Å². The molecular weight excluding hydrogens is 448 g/mol. The standard InChI is InChI=1S/C23H23BrN2O4/c24-17-9-7-16(8-10-17)22(27)26-19(23(28)25-18-4-2-1-3-5-18)12-15-6-11-20-21(13-15)30-14-29-20/h6-13,18H,1-5,14H2,(H,25,28)(H,26,27). The molecule has 0 saturated heterocycles. The molecule has 0 unspecified atom stereocenters. The van der Waals surface area contributed by atoms with E-state index in [9.17, 15) is 9.59 Å². The zero-order chi connectivity index (χ0) is 20.9. The zero-order valence-corrected chi connectivity index (χ0v) is 18.0. The summed E-state index contributed by atoms with van der Waals surface area (Å²) in [5, 5.41) is 5.85. The number of halogens is 1. The molecule has 0 radical (unpaired) electrons. The van der Waals surface area contributed by atoms with Crippen LogP contribution < -0.4 is 20.1 Å². The first-order chi connectivity index (χ1) is 14.6. The Kier molecular flexibility index (Phi) is 6.38. The Morgan fingerprint density at radius 2 is 1.70 bits per heavy atom. The number of carbonyl (C=O) groups excluding carboxylic acids is 2. The highest BCUT2D eigenvalue weighted by atomic mass is 79.9. The van der Waals surface area contributed by atoms with Gasteiger partial charge in [0.15, 0.2) is 11.5 Å². The molecule has 6 nitrogen and oxygen atoms in total. The molecule has 4 rings (SSSR count). The average molecular weight is 471 g/mol. The van der Waals surface area contributed by atoms with Crippen LogP contribution in [0.4, 0.5) is 0 Å². The fourth-order valence-electron chi connectivity index (χ4n) is 3.63. The van der Waals surface area contributed by atoms with Crippen molar-refractivity contribution in [1.29, 1.82) is 0 Å². The van der Waals surface area contributed by atoms with Crippen LogP contribution in [0.2, 0.25) is 0 Å². The quantitative estimate of drug-likeness (QED) is 0.634. The van der Waals surface area contributed by atoms with Crippen molar-refractivity contribution in [1.82, 2.24) is 10.6 Å². The Morgan fingerprint density at radius 1 is 0.967 bits per heavy atom. The lowest BCUT2D eigenvalue weighted by molar-refractivity contribution is -0.118. The van der Waals surface area contributed by atoms with Gasteiger partial charge in [0.25, 0.3) is 11.8 Å². The van der Waals surface area contributed by atoms with Gasteiger partial charge in [-0.2, -0.15) is 0 Å². The lowest BCUT2D eigenvalue weighted by atomic mass is 9.95. The molecule has 1 aliphatic carbocycles. The molecule has 2 aromatic rings. The van der Waals surface area contributed by atoms with Gasteiger partial charge in [0, 0.05) is 16.1 Å². The van der Waals surface area contributed by atoms with E-state index in [1.165, 1.54) is 6.42 Å². The Hall–Kier alpha value is -2.80. The molecule has 156 valence electrons. The number of fused-ring (bicyclic) bond motifs is 1. The van der Waals surface area contributed by atoms with E-state index in [0.29, 0.717) is 17.1 Å². The zero-order valence-electron chi connectivity index (χ0n) is 16.4. The molecule has 30 heavy (non-hydrogen) atoms. The SMILES string of the molecule is O=C(NC1CCCCC1)C(=Cc1ccc2c(c1)OCO2)NC(=O)c1ccc(Br)cc1. The normalized spacial score (nSPS) is 16.2. The molecule has 1 aliphatic heterocycles. The first-order valence-electron chi connectivity index (χ1n) is 10.1. The van der Waals surface area contributed by atoms with E-state index in [-0.39, 0.29) is 30.3 Å². The van der Waals surface area contributed by atoms with Crippen molar-refractivity contribution < 1.29 is 19.1 Å². The first kappa shape index (κ1) is 20.5. The van der Waals surface area contributed by atoms with Crippen LogP contribution in [-0.2, 0) is 4.79 Å². The van der Waals surface area contributed by atoms with Gasteiger partial charge >= 0.3 is 0 Å². The molecule has 7 heteroatoms. The van der Waals surface area contributed by atoms with Gasteiger partial charge in [0.2, 0.25) is 6.79 Å². The predicted molar refractivity (Wildman–Crippen MR) is 117 cm³/mol. The second kappa shape index (κ2) is 9.34. The van der Waals surface area contributed by atoms with Gasteiger partial charge in [-0.3, -0.25) is 9.59 Å². The van der Waals surface area contributed by atoms with Crippen molar-refractivity contribution >= 4 is 33.8 Å². The molecule has 2 aliphatic rings. The van der Waals surface area contributed by atoms with E-state index < -0.39 is 0 Å². The van der Waals surface area contributed by atoms with Crippen LogP contribution in [0.1, 0.15) is 48.0 Å². The van der Waals surface area contributed by atoms with Crippen LogP contribution >= 0.6 is 15.9 Å². The van der Waals surface area contributed by atoms with Crippen molar-refractivity contribution in [2.24, 2.45) is 0 Å². The summed E-state index contributed by atoms with van der Waals surface area (Å²) in [4.78, 5) is 25.8. The van der Waals surface area contributed by atoms with Gasteiger partial charge in [0.1, 0.15) is 5.70 Å². The van der Waals surface area contributed by atoms with Gasteiger partial charge in [-0.15, -0.1) is 0 Å². The summed E-state index contributed by atoms with van der Waals surface area (Å²) < 4.78 is 11.6. The van der Waals surface area contributed by atoms with Gasteiger partial charge < -0.3 is 20.1 Å². The van der Waals surface area contributed by atoms with Crippen molar-refractivity contribution in [3.05, 3.63) is 63.8 Å². The maximum Gasteiger partial charge on any atom is 0.268 e.